The van der Waals surface area contributed by atoms with Crippen LogP contribution in [0.15, 0.2) is 59.5 Å². The zero-order chi connectivity index (χ0) is 19.3. The molecule has 0 unspecified atom stereocenters. The van der Waals surface area contributed by atoms with Gasteiger partial charge in [0.2, 0.25) is 5.91 Å². The minimum atomic E-state index is -3.22. The standard InChI is InChI=1S/C21H27NO3S/c1-5-15(2)20(18-9-7-6-8-10-18)21(23)22-16(3)17-11-13-19(14-12-17)26(4,24)25/h6-16,20H,5H2,1-4H3,(H,22,23)/t15-,16+,20+/m0/s1. The van der Waals surface area contributed by atoms with Crippen LogP contribution in [0.3, 0.4) is 0 Å². The van der Waals surface area contributed by atoms with E-state index in [1.807, 2.05) is 37.3 Å². The predicted octanol–water partition coefficient (Wildman–Crippen LogP) is 4.10. The summed E-state index contributed by atoms with van der Waals surface area (Å²) in [7, 11) is -3.22. The normalized spacial score (nSPS) is 15.1. The van der Waals surface area contributed by atoms with E-state index in [0.717, 1.165) is 17.5 Å². The van der Waals surface area contributed by atoms with Crippen LogP contribution in [0.1, 0.15) is 50.3 Å². The van der Waals surface area contributed by atoms with Crippen LogP contribution in [-0.4, -0.2) is 20.6 Å². The molecule has 0 aliphatic rings. The van der Waals surface area contributed by atoms with Crippen molar-refractivity contribution in [3.8, 4) is 0 Å². The van der Waals surface area contributed by atoms with Gasteiger partial charge in [-0.15, -0.1) is 0 Å². The largest absolute Gasteiger partial charge is 0.349 e. The Labute approximate surface area is 156 Å². The van der Waals surface area contributed by atoms with E-state index in [9.17, 15) is 13.2 Å². The van der Waals surface area contributed by atoms with Gasteiger partial charge in [-0.1, -0.05) is 62.7 Å². The SMILES string of the molecule is CC[C@H](C)[C@@H](C(=O)N[C@H](C)c1ccc(S(C)(=O)=O)cc1)c1ccccc1. The molecular formula is C21H27NO3S. The summed E-state index contributed by atoms with van der Waals surface area (Å²) in [6.45, 7) is 6.08. The van der Waals surface area contributed by atoms with E-state index < -0.39 is 9.84 Å². The molecule has 2 rings (SSSR count). The van der Waals surface area contributed by atoms with Gasteiger partial charge in [0.1, 0.15) is 0 Å². The third kappa shape index (κ3) is 4.94. The van der Waals surface area contributed by atoms with Crippen molar-refractivity contribution >= 4 is 15.7 Å². The van der Waals surface area contributed by atoms with Gasteiger partial charge in [0.05, 0.1) is 16.9 Å². The monoisotopic (exact) mass is 373 g/mol. The first-order valence-corrected chi connectivity index (χ1v) is 10.8. The first-order valence-electron chi connectivity index (χ1n) is 8.89. The van der Waals surface area contributed by atoms with Gasteiger partial charge in [-0.05, 0) is 36.1 Å². The Bertz CT molecular complexity index is 829. The molecule has 0 heterocycles. The number of amides is 1. The number of carbonyl (C=O) groups excluding carboxylic acids is 1. The maximum absolute atomic E-state index is 12.9. The first kappa shape index (κ1) is 20.2. The van der Waals surface area contributed by atoms with Crippen LogP contribution in [-0.2, 0) is 14.6 Å². The Morgan fingerprint density at radius 3 is 2.04 bits per heavy atom. The topological polar surface area (TPSA) is 63.2 Å². The molecule has 2 aromatic carbocycles. The number of rotatable bonds is 7. The zero-order valence-corrected chi connectivity index (χ0v) is 16.6. The van der Waals surface area contributed by atoms with E-state index in [1.54, 1.807) is 24.3 Å². The third-order valence-electron chi connectivity index (χ3n) is 4.82. The van der Waals surface area contributed by atoms with Crippen LogP contribution < -0.4 is 5.32 Å². The summed E-state index contributed by atoms with van der Waals surface area (Å²) in [4.78, 5) is 13.2. The summed E-state index contributed by atoms with van der Waals surface area (Å²) < 4.78 is 23.2. The van der Waals surface area contributed by atoms with Gasteiger partial charge in [-0.2, -0.15) is 0 Å². The van der Waals surface area contributed by atoms with Crippen molar-refractivity contribution in [3.05, 3.63) is 65.7 Å². The summed E-state index contributed by atoms with van der Waals surface area (Å²) in [5.41, 5.74) is 1.89. The number of carbonyl (C=O) groups is 1. The fourth-order valence-corrected chi connectivity index (χ4v) is 3.66. The number of hydrogen-bond donors (Lipinski definition) is 1. The molecule has 1 N–H and O–H groups in total. The number of hydrogen-bond acceptors (Lipinski definition) is 3. The van der Waals surface area contributed by atoms with Crippen molar-refractivity contribution in [2.75, 3.05) is 6.26 Å². The van der Waals surface area contributed by atoms with Crippen LogP contribution in [0.25, 0.3) is 0 Å². The minimum absolute atomic E-state index is 0.00904. The molecule has 0 bridgehead atoms. The average molecular weight is 374 g/mol. The second-order valence-electron chi connectivity index (χ2n) is 6.85. The fourth-order valence-electron chi connectivity index (χ4n) is 3.02. The maximum atomic E-state index is 12.9. The van der Waals surface area contributed by atoms with E-state index in [1.165, 1.54) is 6.26 Å². The van der Waals surface area contributed by atoms with Gasteiger partial charge in [0.25, 0.3) is 0 Å². The van der Waals surface area contributed by atoms with Gasteiger partial charge < -0.3 is 5.32 Å². The molecule has 0 radical (unpaired) electrons. The van der Waals surface area contributed by atoms with Crippen LogP contribution in [0.2, 0.25) is 0 Å². The highest BCUT2D eigenvalue weighted by Crippen LogP contribution is 2.28. The number of sulfone groups is 1. The predicted molar refractivity (Wildman–Crippen MR) is 105 cm³/mol. The molecular weight excluding hydrogens is 346 g/mol. The molecule has 0 fully saturated rings. The Kier molecular flexibility index (Phi) is 6.59. The summed E-state index contributed by atoms with van der Waals surface area (Å²) in [5.74, 6) is 0.00129. The number of nitrogens with one attached hydrogen (secondary N) is 1. The fraction of sp³-hybridized carbons (Fsp3) is 0.381. The van der Waals surface area contributed by atoms with Gasteiger partial charge in [-0.3, -0.25) is 4.79 Å². The Morgan fingerprint density at radius 2 is 1.54 bits per heavy atom. The zero-order valence-electron chi connectivity index (χ0n) is 15.8. The van der Waals surface area contributed by atoms with Crippen molar-refractivity contribution in [3.63, 3.8) is 0 Å². The smallest absolute Gasteiger partial charge is 0.228 e. The van der Waals surface area contributed by atoms with E-state index in [4.69, 9.17) is 0 Å². The van der Waals surface area contributed by atoms with Gasteiger partial charge in [0.15, 0.2) is 9.84 Å². The number of benzene rings is 2. The van der Waals surface area contributed by atoms with Crippen molar-refractivity contribution in [2.24, 2.45) is 5.92 Å². The van der Waals surface area contributed by atoms with Crippen molar-refractivity contribution in [2.45, 2.75) is 44.0 Å². The third-order valence-corrected chi connectivity index (χ3v) is 5.95. The molecule has 1 amide bonds. The maximum Gasteiger partial charge on any atom is 0.228 e. The second-order valence-corrected chi connectivity index (χ2v) is 8.86. The molecule has 3 atom stereocenters. The summed E-state index contributed by atoms with van der Waals surface area (Å²) in [6.07, 6.45) is 2.09. The van der Waals surface area contributed by atoms with Crippen molar-refractivity contribution in [1.82, 2.24) is 5.32 Å². The summed E-state index contributed by atoms with van der Waals surface area (Å²) >= 11 is 0. The lowest BCUT2D eigenvalue weighted by Crippen LogP contribution is -2.34. The van der Waals surface area contributed by atoms with Gasteiger partial charge >= 0.3 is 0 Å². The highest BCUT2D eigenvalue weighted by atomic mass is 32.2. The lowest BCUT2D eigenvalue weighted by molar-refractivity contribution is -0.124. The van der Waals surface area contributed by atoms with E-state index in [0.29, 0.717) is 0 Å². The van der Waals surface area contributed by atoms with Crippen LogP contribution in [0, 0.1) is 5.92 Å². The van der Waals surface area contributed by atoms with Gasteiger partial charge in [0, 0.05) is 6.26 Å². The molecule has 0 spiro atoms. The summed E-state index contributed by atoms with van der Waals surface area (Å²) in [5, 5.41) is 3.08. The summed E-state index contributed by atoms with van der Waals surface area (Å²) in [6, 6.07) is 16.3. The lowest BCUT2D eigenvalue weighted by atomic mass is 9.84. The lowest BCUT2D eigenvalue weighted by Gasteiger charge is -2.25. The second kappa shape index (κ2) is 8.49. The molecule has 140 valence electrons. The molecule has 0 aromatic heterocycles. The molecule has 4 nitrogen and oxygen atoms in total. The van der Waals surface area contributed by atoms with E-state index >= 15 is 0 Å². The van der Waals surface area contributed by atoms with Crippen LogP contribution in [0.4, 0.5) is 0 Å². The molecule has 26 heavy (non-hydrogen) atoms. The Balaban J connectivity index is 2.18. The molecule has 2 aromatic rings. The minimum Gasteiger partial charge on any atom is -0.349 e. The highest BCUT2D eigenvalue weighted by molar-refractivity contribution is 7.90. The molecule has 0 aliphatic heterocycles. The highest BCUT2D eigenvalue weighted by Gasteiger charge is 2.27. The molecule has 5 heteroatoms. The first-order chi connectivity index (χ1) is 12.2. The Hall–Kier alpha value is -2.14. The van der Waals surface area contributed by atoms with Crippen molar-refractivity contribution < 1.29 is 13.2 Å². The van der Waals surface area contributed by atoms with E-state index in [2.05, 4.69) is 19.2 Å². The van der Waals surface area contributed by atoms with E-state index in [-0.39, 0.29) is 28.7 Å². The molecule has 0 aliphatic carbocycles. The molecule has 0 saturated carbocycles. The molecule has 0 saturated heterocycles. The average Bonchev–Trinajstić information content (AvgIpc) is 2.62. The Morgan fingerprint density at radius 1 is 0.962 bits per heavy atom. The van der Waals surface area contributed by atoms with Crippen LogP contribution >= 0.6 is 0 Å². The van der Waals surface area contributed by atoms with Gasteiger partial charge in [-0.25, -0.2) is 8.42 Å². The van der Waals surface area contributed by atoms with Crippen LogP contribution in [0.5, 0.6) is 0 Å². The van der Waals surface area contributed by atoms with Crippen molar-refractivity contribution in [1.29, 1.82) is 0 Å². The quantitative estimate of drug-likeness (QED) is 0.795.